The fraction of sp³-hybridized carbons (Fsp3) is 0.226. The first kappa shape index (κ1) is 25.9. The van der Waals surface area contributed by atoms with Gasteiger partial charge >= 0.3 is 0 Å². The van der Waals surface area contributed by atoms with Gasteiger partial charge in [0.1, 0.15) is 17.9 Å². The first-order chi connectivity index (χ1) is 18.9. The molecule has 0 amide bonds. The van der Waals surface area contributed by atoms with Gasteiger partial charge in [-0.3, -0.25) is 4.79 Å². The van der Waals surface area contributed by atoms with Crippen LogP contribution in [0, 0.1) is 17.1 Å². The van der Waals surface area contributed by atoms with Gasteiger partial charge in [-0.25, -0.2) is 13.5 Å². The maximum Gasteiger partial charge on any atom is 0.263 e. The lowest BCUT2D eigenvalue weighted by atomic mass is 9.96. The van der Waals surface area contributed by atoms with Crippen molar-refractivity contribution in [2.24, 2.45) is 0 Å². The normalized spacial score (nSPS) is 11.2. The molecule has 0 saturated carbocycles. The van der Waals surface area contributed by atoms with E-state index in [-0.39, 0.29) is 18.1 Å². The molecule has 0 radical (unpaired) electrons. The molecule has 2 aromatic heterocycles. The van der Waals surface area contributed by atoms with Gasteiger partial charge < -0.3 is 4.74 Å². The summed E-state index contributed by atoms with van der Waals surface area (Å²) in [6, 6.07) is 21.4. The number of rotatable bonds is 8. The number of ether oxygens (including phenoxy) is 1. The average molecular weight is 522 g/mol. The summed E-state index contributed by atoms with van der Waals surface area (Å²) in [4.78, 5) is 18.4. The molecule has 0 bridgehead atoms. The molecule has 0 aliphatic heterocycles. The van der Waals surface area contributed by atoms with Crippen LogP contribution < -0.4 is 10.3 Å². The van der Waals surface area contributed by atoms with Gasteiger partial charge in [-0.1, -0.05) is 43.7 Å². The van der Waals surface area contributed by atoms with Gasteiger partial charge in [-0.2, -0.15) is 15.3 Å². The second kappa shape index (κ2) is 10.9. The van der Waals surface area contributed by atoms with Crippen molar-refractivity contribution in [1.82, 2.24) is 19.2 Å². The Labute approximate surface area is 225 Å². The van der Waals surface area contributed by atoms with Crippen molar-refractivity contribution in [3.8, 4) is 28.6 Å². The Morgan fingerprint density at radius 1 is 1.08 bits per heavy atom. The molecular weight excluding hydrogens is 493 g/mol. The molecule has 0 unspecified atom stereocenters. The molecule has 0 saturated heterocycles. The van der Waals surface area contributed by atoms with Crippen molar-refractivity contribution in [2.75, 3.05) is 0 Å². The van der Waals surface area contributed by atoms with Crippen molar-refractivity contribution < 1.29 is 9.13 Å². The molecule has 0 atom stereocenters. The number of hydrogen-bond donors (Lipinski definition) is 0. The van der Waals surface area contributed by atoms with Gasteiger partial charge in [0.2, 0.25) is 5.78 Å². The maximum atomic E-state index is 15.5. The fourth-order valence-electron chi connectivity index (χ4n) is 4.79. The smallest absolute Gasteiger partial charge is 0.263 e. The third-order valence-electron chi connectivity index (χ3n) is 6.53. The first-order valence-electron chi connectivity index (χ1n) is 12.9. The molecule has 5 rings (SSSR count). The second-order valence-corrected chi connectivity index (χ2v) is 9.59. The molecule has 0 fully saturated rings. The van der Waals surface area contributed by atoms with Crippen LogP contribution in [0.5, 0.6) is 5.75 Å². The lowest BCUT2D eigenvalue weighted by Crippen LogP contribution is -2.28. The zero-order chi connectivity index (χ0) is 27.5. The van der Waals surface area contributed by atoms with E-state index >= 15 is 4.39 Å². The predicted octanol–water partition coefficient (Wildman–Crippen LogP) is 5.89. The van der Waals surface area contributed by atoms with Crippen LogP contribution in [0.25, 0.3) is 22.6 Å². The van der Waals surface area contributed by atoms with Crippen LogP contribution in [0.15, 0.2) is 77.9 Å². The van der Waals surface area contributed by atoms with Crippen molar-refractivity contribution in [3.05, 3.63) is 112 Å². The predicted molar refractivity (Wildman–Crippen MR) is 148 cm³/mol. The molecule has 2 heterocycles. The number of benzene rings is 3. The molecule has 0 spiro atoms. The molecule has 0 N–H and O–H groups in total. The third kappa shape index (κ3) is 5.04. The van der Waals surface area contributed by atoms with Gasteiger partial charge in [0, 0.05) is 12.0 Å². The summed E-state index contributed by atoms with van der Waals surface area (Å²) in [5.74, 6) is 0.651. The van der Waals surface area contributed by atoms with Crippen molar-refractivity contribution in [3.63, 3.8) is 0 Å². The summed E-state index contributed by atoms with van der Waals surface area (Å²) >= 11 is 0. The van der Waals surface area contributed by atoms with Crippen LogP contribution in [0.1, 0.15) is 49.6 Å². The molecule has 8 heteroatoms. The standard InChI is InChI=1S/C31H28FN5O2/c1-4-7-29-27(16-22-11-10-21(17-28(22)32)26-9-6-5-8-23(26)18-33)30(38)36(31-34-19-35-37(29)31)24-12-14-25(15-13-24)39-20(2)3/h5-6,8-15,17,19-20H,4,7,16H2,1-3H3. The Bertz CT molecular complexity index is 1750. The van der Waals surface area contributed by atoms with Crippen LogP contribution in [0.3, 0.4) is 0 Å². The maximum absolute atomic E-state index is 15.5. The van der Waals surface area contributed by atoms with E-state index in [4.69, 9.17) is 4.74 Å². The van der Waals surface area contributed by atoms with E-state index in [9.17, 15) is 10.1 Å². The number of aryl methyl sites for hydroxylation is 1. The molecule has 0 aliphatic carbocycles. The summed E-state index contributed by atoms with van der Waals surface area (Å²) in [5, 5.41) is 13.9. The summed E-state index contributed by atoms with van der Waals surface area (Å²) in [6.07, 6.45) is 2.90. The molecular formula is C31H28FN5O2. The molecule has 0 aliphatic rings. The number of aromatic nitrogens is 4. The summed E-state index contributed by atoms with van der Waals surface area (Å²) in [5.41, 5.74) is 3.64. The van der Waals surface area contributed by atoms with E-state index in [1.165, 1.54) is 17.0 Å². The van der Waals surface area contributed by atoms with Gasteiger partial charge in [-0.05, 0) is 73.4 Å². The van der Waals surface area contributed by atoms with E-state index < -0.39 is 5.82 Å². The first-order valence-corrected chi connectivity index (χ1v) is 12.9. The number of nitrogens with zero attached hydrogens (tertiary/aromatic N) is 5. The van der Waals surface area contributed by atoms with Crippen LogP contribution >= 0.6 is 0 Å². The molecule has 7 nitrogen and oxygen atoms in total. The van der Waals surface area contributed by atoms with E-state index in [1.54, 1.807) is 47.0 Å². The van der Waals surface area contributed by atoms with Crippen LogP contribution in [0.2, 0.25) is 0 Å². The number of nitriles is 1. The minimum Gasteiger partial charge on any atom is -0.491 e. The highest BCUT2D eigenvalue weighted by Gasteiger charge is 2.21. The van der Waals surface area contributed by atoms with Gasteiger partial charge in [0.25, 0.3) is 5.56 Å². The third-order valence-corrected chi connectivity index (χ3v) is 6.53. The minimum absolute atomic E-state index is 0.0244. The summed E-state index contributed by atoms with van der Waals surface area (Å²) in [7, 11) is 0. The number of fused-ring (bicyclic) bond motifs is 1. The van der Waals surface area contributed by atoms with E-state index in [2.05, 4.69) is 16.2 Å². The lowest BCUT2D eigenvalue weighted by molar-refractivity contribution is 0.242. The van der Waals surface area contributed by atoms with Crippen molar-refractivity contribution in [2.45, 2.75) is 46.1 Å². The minimum atomic E-state index is -0.442. The van der Waals surface area contributed by atoms with Crippen LogP contribution in [-0.4, -0.2) is 25.3 Å². The Morgan fingerprint density at radius 2 is 1.85 bits per heavy atom. The van der Waals surface area contributed by atoms with Crippen LogP contribution in [-0.2, 0) is 12.8 Å². The van der Waals surface area contributed by atoms with Gasteiger partial charge in [0.15, 0.2) is 0 Å². The lowest BCUT2D eigenvalue weighted by Gasteiger charge is -2.16. The molecule has 196 valence electrons. The topological polar surface area (TPSA) is 85.2 Å². The number of hydrogen-bond acceptors (Lipinski definition) is 5. The summed E-state index contributed by atoms with van der Waals surface area (Å²) in [6.45, 7) is 5.92. The van der Waals surface area contributed by atoms with Gasteiger partial charge in [-0.15, -0.1) is 0 Å². The Kier molecular flexibility index (Phi) is 7.24. The highest BCUT2D eigenvalue weighted by molar-refractivity contribution is 5.70. The Balaban J connectivity index is 1.61. The van der Waals surface area contributed by atoms with Crippen molar-refractivity contribution >= 4 is 5.78 Å². The highest BCUT2D eigenvalue weighted by Crippen LogP contribution is 2.27. The van der Waals surface area contributed by atoms with E-state index in [0.717, 1.165) is 6.42 Å². The molecule has 39 heavy (non-hydrogen) atoms. The fourth-order valence-corrected chi connectivity index (χ4v) is 4.79. The van der Waals surface area contributed by atoms with Crippen molar-refractivity contribution in [1.29, 1.82) is 5.26 Å². The highest BCUT2D eigenvalue weighted by atomic mass is 19.1. The second-order valence-electron chi connectivity index (χ2n) is 9.59. The average Bonchev–Trinajstić information content (AvgIpc) is 3.41. The van der Waals surface area contributed by atoms with E-state index in [1.807, 2.05) is 39.0 Å². The molecule has 5 aromatic rings. The zero-order valence-electron chi connectivity index (χ0n) is 22.1. The monoisotopic (exact) mass is 521 g/mol. The van der Waals surface area contributed by atoms with Gasteiger partial charge in [0.05, 0.1) is 29.1 Å². The molecule has 3 aromatic carbocycles. The quantitative estimate of drug-likeness (QED) is 0.254. The largest absolute Gasteiger partial charge is 0.491 e. The Morgan fingerprint density at radius 3 is 2.54 bits per heavy atom. The zero-order valence-corrected chi connectivity index (χ0v) is 22.1. The Hall–Kier alpha value is -4.77. The summed E-state index contributed by atoms with van der Waals surface area (Å²) < 4.78 is 24.4. The SMILES string of the molecule is CCCc1c(Cc2ccc(-c3ccccc3C#N)cc2F)c(=O)n(-c2ccc(OC(C)C)cc2)c2ncnn12. The van der Waals surface area contributed by atoms with E-state index in [0.29, 0.717) is 57.1 Å². The van der Waals surface area contributed by atoms with Crippen LogP contribution in [0.4, 0.5) is 4.39 Å². The number of halogens is 1.